The summed E-state index contributed by atoms with van der Waals surface area (Å²) in [6.07, 6.45) is 7.71. The summed E-state index contributed by atoms with van der Waals surface area (Å²) in [5.74, 6) is 0.962. The van der Waals surface area contributed by atoms with E-state index in [0.29, 0.717) is 6.04 Å². The monoisotopic (exact) mass is 197 g/mol. The summed E-state index contributed by atoms with van der Waals surface area (Å²) < 4.78 is 0. The van der Waals surface area contributed by atoms with Crippen LogP contribution in [-0.4, -0.2) is 35.2 Å². The highest BCUT2D eigenvalue weighted by molar-refractivity contribution is 4.88. The Kier molecular flexibility index (Phi) is 3.45. The molecule has 2 rings (SSSR count). The van der Waals surface area contributed by atoms with Crippen LogP contribution in [0.3, 0.4) is 0 Å². The van der Waals surface area contributed by atoms with Gasteiger partial charge in [0, 0.05) is 19.1 Å². The van der Waals surface area contributed by atoms with Crippen molar-refractivity contribution in [3.05, 3.63) is 0 Å². The fraction of sp³-hybridized carbons (Fsp3) is 1.00. The molecule has 0 unspecified atom stereocenters. The average molecular weight is 197 g/mol. The highest BCUT2D eigenvalue weighted by Gasteiger charge is 2.34. The van der Waals surface area contributed by atoms with Crippen LogP contribution in [0.15, 0.2) is 0 Å². The topological polar surface area (TPSA) is 23.5 Å². The van der Waals surface area contributed by atoms with Crippen LogP contribution in [0, 0.1) is 5.92 Å². The van der Waals surface area contributed by atoms with E-state index < -0.39 is 0 Å². The molecule has 14 heavy (non-hydrogen) atoms. The second-order valence-corrected chi connectivity index (χ2v) is 5.08. The van der Waals surface area contributed by atoms with Gasteiger partial charge in [0.05, 0.1) is 6.10 Å². The number of aliphatic hydroxyl groups is 1. The molecule has 2 aliphatic rings. The van der Waals surface area contributed by atoms with Crippen LogP contribution in [-0.2, 0) is 0 Å². The van der Waals surface area contributed by atoms with Crippen LogP contribution in [0.1, 0.15) is 45.4 Å². The Morgan fingerprint density at radius 2 is 2.14 bits per heavy atom. The standard InChI is InChI=1S/C12H23NO/c1-2-3-4-11-7-12(14)9-13(11)8-10-5-6-10/h10-12,14H,2-9H2,1H3/t11-,12+/m1/s1. The Morgan fingerprint density at radius 1 is 1.36 bits per heavy atom. The van der Waals surface area contributed by atoms with E-state index in [1.807, 2.05) is 0 Å². The molecule has 0 aromatic carbocycles. The maximum absolute atomic E-state index is 9.66. The molecule has 0 aromatic heterocycles. The molecule has 82 valence electrons. The van der Waals surface area contributed by atoms with Crippen molar-refractivity contribution in [1.82, 2.24) is 4.90 Å². The van der Waals surface area contributed by atoms with Crippen molar-refractivity contribution < 1.29 is 5.11 Å². The predicted molar refractivity (Wildman–Crippen MR) is 58.2 cm³/mol. The Labute approximate surface area is 87.3 Å². The van der Waals surface area contributed by atoms with Gasteiger partial charge in [-0.05, 0) is 31.6 Å². The lowest BCUT2D eigenvalue weighted by Gasteiger charge is -2.23. The van der Waals surface area contributed by atoms with Gasteiger partial charge in [-0.2, -0.15) is 0 Å². The van der Waals surface area contributed by atoms with Crippen molar-refractivity contribution in [3.8, 4) is 0 Å². The first kappa shape index (κ1) is 10.4. The molecule has 0 amide bonds. The third kappa shape index (κ3) is 2.71. The zero-order chi connectivity index (χ0) is 9.97. The summed E-state index contributed by atoms with van der Waals surface area (Å²) in [5.41, 5.74) is 0. The molecule has 0 spiro atoms. The molecule has 2 fully saturated rings. The molecule has 1 aliphatic carbocycles. The van der Waals surface area contributed by atoms with Gasteiger partial charge in [-0.25, -0.2) is 0 Å². The molecule has 2 heteroatoms. The molecule has 1 N–H and O–H groups in total. The van der Waals surface area contributed by atoms with Crippen molar-refractivity contribution in [3.63, 3.8) is 0 Å². The highest BCUT2D eigenvalue weighted by Crippen LogP contribution is 2.33. The number of nitrogens with zero attached hydrogens (tertiary/aromatic N) is 1. The van der Waals surface area contributed by atoms with Gasteiger partial charge in [0.25, 0.3) is 0 Å². The molecular formula is C12H23NO. The van der Waals surface area contributed by atoms with Gasteiger partial charge in [-0.3, -0.25) is 4.90 Å². The number of unbranched alkanes of at least 4 members (excludes halogenated alkanes) is 1. The summed E-state index contributed by atoms with van der Waals surface area (Å²) in [7, 11) is 0. The van der Waals surface area contributed by atoms with Crippen LogP contribution >= 0.6 is 0 Å². The van der Waals surface area contributed by atoms with E-state index in [2.05, 4.69) is 11.8 Å². The molecule has 0 aromatic rings. The lowest BCUT2D eigenvalue weighted by Crippen LogP contribution is -2.31. The summed E-state index contributed by atoms with van der Waals surface area (Å²) in [6, 6.07) is 0.686. The smallest absolute Gasteiger partial charge is 0.0682 e. The minimum absolute atomic E-state index is 0.0457. The van der Waals surface area contributed by atoms with Crippen LogP contribution in [0.4, 0.5) is 0 Å². The molecule has 1 saturated carbocycles. The van der Waals surface area contributed by atoms with Gasteiger partial charge in [-0.15, -0.1) is 0 Å². The quantitative estimate of drug-likeness (QED) is 0.729. The zero-order valence-electron chi connectivity index (χ0n) is 9.28. The SMILES string of the molecule is CCCC[C@@H]1C[C@H](O)CN1CC1CC1. The summed E-state index contributed by atoms with van der Waals surface area (Å²) in [6.45, 7) is 4.44. The normalized spacial score (nSPS) is 33.9. The Balaban J connectivity index is 1.78. The van der Waals surface area contributed by atoms with Gasteiger partial charge < -0.3 is 5.11 Å². The van der Waals surface area contributed by atoms with E-state index in [-0.39, 0.29) is 6.10 Å². The maximum atomic E-state index is 9.66. The van der Waals surface area contributed by atoms with E-state index in [9.17, 15) is 5.11 Å². The predicted octanol–water partition coefficient (Wildman–Crippen LogP) is 2.02. The lowest BCUT2D eigenvalue weighted by molar-refractivity contribution is 0.172. The van der Waals surface area contributed by atoms with Crippen LogP contribution in [0.2, 0.25) is 0 Å². The van der Waals surface area contributed by atoms with Crippen molar-refractivity contribution >= 4 is 0 Å². The lowest BCUT2D eigenvalue weighted by atomic mass is 10.1. The summed E-state index contributed by atoms with van der Waals surface area (Å²) in [4.78, 5) is 2.54. The first-order valence-corrected chi connectivity index (χ1v) is 6.21. The molecule has 2 atom stereocenters. The van der Waals surface area contributed by atoms with Crippen LogP contribution in [0.25, 0.3) is 0 Å². The molecular weight excluding hydrogens is 174 g/mol. The molecule has 2 nitrogen and oxygen atoms in total. The van der Waals surface area contributed by atoms with Gasteiger partial charge in [0.15, 0.2) is 0 Å². The largest absolute Gasteiger partial charge is 0.392 e. The van der Waals surface area contributed by atoms with Crippen LogP contribution < -0.4 is 0 Å². The fourth-order valence-electron chi connectivity index (χ4n) is 2.55. The van der Waals surface area contributed by atoms with E-state index in [1.165, 1.54) is 38.6 Å². The zero-order valence-corrected chi connectivity index (χ0v) is 9.28. The molecule has 1 aliphatic heterocycles. The van der Waals surface area contributed by atoms with Gasteiger partial charge in [-0.1, -0.05) is 19.8 Å². The Hall–Kier alpha value is -0.0800. The van der Waals surface area contributed by atoms with Gasteiger partial charge >= 0.3 is 0 Å². The Morgan fingerprint density at radius 3 is 2.79 bits per heavy atom. The second kappa shape index (κ2) is 4.63. The molecule has 0 bridgehead atoms. The second-order valence-electron chi connectivity index (χ2n) is 5.08. The minimum Gasteiger partial charge on any atom is -0.392 e. The van der Waals surface area contributed by atoms with Gasteiger partial charge in [0.2, 0.25) is 0 Å². The number of likely N-dealkylation sites (tertiary alicyclic amines) is 1. The summed E-state index contributed by atoms with van der Waals surface area (Å²) >= 11 is 0. The maximum Gasteiger partial charge on any atom is 0.0682 e. The number of β-amino-alcohol motifs (C(OH)–C–C–N with tert-alkyl or cyclic N) is 1. The van der Waals surface area contributed by atoms with Crippen LogP contribution in [0.5, 0.6) is 0 Å². The average Bonchev–Trinajstić information content (AvgIpc) is 2.88. The molecule has 1 saturated heterocycles. The minimum atomic E-state index is -0.0457. The van der Waals surface area contributed by atoms with Crippen molar-refractivity contribution in [1.29, 1.82) is 0 Å². The number of aliphatic hydroxyl groups excluding tert-OH is 1. The van der Waals surface area contributed by atoms with E-state index in [4.69, 9.17) is 0 Å². The first-order chi connectivity index (χ1) is 6.79. The van der Waals surface area contributed by atoms with Crippen molar-refractivity contribution in [2.45, 2.75) is 57.6 Å². The third-order valence-corrected chi connectivity index (χ3v) is 3.59. The van der Waals surface area contributed by atoms with E-state index in [1.54, 1.807) is 0 Å². The molecule has 1 heterocycles. The third-order valence-electron chi connectivity index (χ3n) is 3.59. The fourth-order valence-corrected chi connectivity index (χ4v) is 2.55. The van der Waals surface area contributed by atoms with E-state index in [0.717, 1.165) is 18.9 Å². The summed E-state index contributed by atoms with van der Waals surface area (Å²) in [5, 5.41) is 9.66. The number of hydrogen-bond donors (Lipinski definition) is 1. The van der Waals surface area contributed by atoms with E-state index >= 15 is 0 Å². The van der Waals surface area contributed by atoms with Crippen molar-refractivity contribution in [2.75, 3.05) is 13.1 Å². The first-order valence-electron chi connectivity index (χ1n) is 6.21. The van der Waals surface area contributed by atoms with Crippen molar-refractivity contribution in [2.24, 2.45) is 5.92 Å². The van der Waals surface area contributed by atoms with Gasteiger partial charge in [0.1, 0.15) is 0 Å². The number of hydrogen-bond acceptors (Lipinski definition) is 2. The Bertz CT molecular complexity index is 179. The molecule has 0 radical (unpaired) electrons. The highest BCUT2D eigenvalue weighted by atomic mass is 16.3. The number of rotatable bonds is 5.